The second-order valence-corrected chi connectivity index (χ2v) is 6.29. The molecule has 1 aliphatic carbocycles. The standard InChI is InChI=1S/C20H24N2O3/c1-3-25-16-9-6-8-14(11-16)13(2)21-20(24)22-19-17-10-5-4-7-15(17)12-18(19)23/h4-11,13,18-19,23H,3,12H2,1-2H3,(H2,21,22,24)/t13?,18-,19+/m0/s1. The van der Waals surface area contributed by atoms with Crippen molar-refractivity contribution in [1.82, 2.24) is 10.6 Å². The lowest BCUT2D eigenvalue weighted by atomic mass is 10.1. The fourth-order valence-corrected chi connectivity index (χ4v) is 3.25. The monoisotopic (exact) mass is 340 g/mol. The zero-order chi connectivity index (χ0) is 17.8. The maximum atomic E-state index is 12.4. The number of hydrogen-bond donors (Lipinski definition) is 3. The molecule has 0 radical (unpaired) electrons. The highest BCUT2D eigenvalue weighted by atomic mass is 16.5. The summed E-state index contributed by atoms with van der Waals surface area (Å²) in [6.07, 6.45) is -0.0349. The number of aliphatic hydroxyl groups is 1. The SMILES string of the molecule is CCOc1cccc(C(C)NC(=O)N[C@@H]2c3ccccc3C[C@@H]2O)c1. The molecule has 3 rings (SSSR count). The van der Waals surface area contributed by atoms with Gasteiger partial charge in [-0.15, -0.1) is 0 Å². The van der Waals surface area contributed by atoms with Gasteiger partial charge in [-0.2, -0.15) is 0 Å². The average Bonchev–Trinajstić information content (AvgIpc) is 2.91. The number of ether oxygens (including phenoxy) is 1. The molecule has 132 valence electrons. The lowest BCUT2D eigenvalue weighted by molar-refractivity contribution is 0.142. The van der Waals surface area contributed by atoms with Gasteiger partial charge in [0.25, 0.3) is 0 Å². The summed E-state index contributed by atoms with van der Waals surface area (Å²) in [7, 11) is 0. The van der Waals surface area contributed by atoms with E-state index in [4.69, 9.17) is 4.74 Å². The van der Waals surface area contributed by atoms with Gasteiger partial charge in [0.2, 0.25) is 0 Å². The first-order chi connectivity index (χ1) is 12.1. The fraction of sp³-hybridized carbons (Fsp3) is 0.350. The number of aliphatic hydroxyl groups excluding tert-OH is 1. The van der Waals surface area contributed by atoms with Crippen molar-refractivity contribution in [3.63, 3.8) is 0 Å². The van der Waals surface area contributed by atoms with Gasteiger partial charge in [0.05, 0.1) is 24.8 Å². The Balaban J connectivity index is 1.64. The normalized spacial score (nSPS) is 19.8. The Labute approximate surface area is 148 Å². The van der Waals surface area contributed by atoms with E-state index in [0.717, 1.165) is 22.4 Å². The first-order valence-corrected chi connectivity index (χ1v) is 8.64. The van der Waals surface area contributed by atoms with Crippen molar-refractivity contribution in [2.75, 3.05) is 6.61 Å². The van der Waals surface area contributed by atoms with E-state index in [1.807, 2.05) is 62.4 Å². The number of urea groups is 1. The molecule has 1 aliphatic rings. The van der Waals surface area contributed by atoms with Crippen molar-refractivity contribution < 1.29 is 14.6 Å². The Hall–Kier alpha value is -2.53. The summed E-state index contributed by atoms with van der Waals surface area (Å²) in [5, 5.41) is 16.1. The van der Waals surface area contributed by atoms with E-state index in [2.05, 4.69) is 10.6 Å². The molecule has 0 spiro atoms. The molecule has 1 unspecified atom stereocenters. The van der Waals surface area contributed by atoms with Gasteiger partial charge in [-0.1, -0.05) is 36.4 Å². The number of fused-ring (bicyclic) bond motifs is 1. The fourth-order valence-electron chi connectivity index (χ4n) is 3.25. The third-order valence-electron chi connectivity index (χ3n) is 4.51. The van der Waals surface area contributed by atoms with Gasteiger partial charge in [-0.05, 0) is 42.7 Å². The molecule has 0 aliphatic heterocycles. The molecule has 2 aromatic carbocycles. The summed E-state index contributed by atoms with van der Waals surface area (Å²) in [6, 6.07) is 14.6. The number of hydrogen-bond acceptors (Lipinski definition) is 3. The Bertz CT molecular complexity index is 747. The highest BCUT2D eigenvalue weighted by molar-refractivity contribution is 5.75. The molecular weight excluding hydrogens is 316 g/mol. The van der Waals surface area contributed by atoms with E-state index < -0.39 is 6.10 Å². The van der Waals surface area contributed by atoms with Gasteiger partial charge in [0.1, 0.15) is 5.75 Å². The van der Waals surface area contributed by atoms with Crippen LogP contribution in [0.3, 0.4) is 0 Å². The van der Waals surface area contributed by atoms with Crippen LogP contribution in [0.15, 0.2) is 48.5 Å². The van der Waals surface area contributed by atoms with Crippen LogP contribution in [0.1, 0.15) is 42.6 Å². The Morgan fingerprint density at radius 1 is 1.28 bits per heavy atom. The quantitative estimate of drug-likeness (QED) is 0.783. The van der Waals surface area contributed by atoms with Crippen LogP contribution in [0.2, 0.25) is 0 Å². The highest BCUT2D eigenvalue weighted by Crippen LogP contribution is 2.31. The second-order valence-electron chi connectivity index (χ2n) is 6.29. The number of rotatable bonds is 5. The Morgan fingerprint density at radius 2 is 2.08 bits per heavy atom. The molecule has 25 heavy (non-hydrogen) atoms. The van der Waals surface area contributed by atoms with Gasteiger partial charge < -0.3 is 20.5 Å². The van der Waals surface area contributed by atoms with Gasteiger partial charge >= 0.3 is 6.03 Å². The van der Waals surface area contributed by atoms with Gasteiger partial charge in [-0.3, -0.25) is 0 Å². The molecule has 3 atom stereocenters. The number of nitrogens with one attached hydrogen (secondary N) is 2. The first kappa shape index (κ1) is 17.3. The van der Waals surface area contributed by atoms with E-state index in [1.165, 1.54) is 0 Å². The van der Waals surface area contributed by atoms with Crippen molar-refractivity contribution in [3.05, 3.63) is 65.2 Å². The summed E-state index contributed by atoms with van der Waals surface area (Å²) < 4.78 is 5.50. The van der Waals surface area contributed by atoms with Crippen LogP contribution in [0, 0.1) is 0 Å². The number of carbonyl (C=O) groups excluding carboxylic acids is 1. The smallest absolute Gasteiger partial charge is 0.315 e. The molecule has 3 N–H and O–H groups in total. The topological polar surface area (TPSA) is 70.6 Å². The number of amides is 2. The summed E-state index contributed by atoms with van der Waals surface area (Å²) >= 11 is 0. The van der Waals surface area contributed by atoms with Crippen LogP contribution in [0.5, 0.6) is 5.75 Å². The summed E-state index contributed by atoms with van der Waals surface area (Å²) in [5.41, 5.74) is 3.03. The van der Waals surface area contributed by atoms with Crippen molar-refractivity contribution in [1.29, 1.82) is 0 Å². The highest BCUT2D eigenvalue weighted by Gasteiger charge is 2.32. The molecule has 5 nitrogen and oxygen atoms in total. The lowest BCUT2D eigenvalue weighted by Crippen LogP contribution is -2.41. The van der Waals surface area contributed by atoms with Gasteiger partial charge in [0.15, 0.2) is 0 Å². The summed E-state index contributed by atoms with van der Waals surface area (Å²) in [6.45, 7) is 4.46. The van der Waals surface area contributed by atoms with Crippen molar-refractivity contribution in [2.45, 2.75) is 38.5 Å². The van der Waals surface area contributed by atoms with E-state index in [9.17, 15) is 9.90 Å². The van der Waals surface area contributed by atoms with E-state index in [-0.39, 0.29) is 18.1 Å². The second kappa shape index (κ2) is 7.57. The zero-order valence-electron chi connectivity index (χ0n) is 14.5. The van der Waals surface area contributed by atoms with Crippen LogP contribution in [0.4, 0.5) is 4.79 Å². The predicted molar refractivity (Wildman–Crippen MR) is 96.6 cm³/mol. The zero-order valence-corrected chi connectivity index (χ0v) is 14.5. The Morgan fingerprint density at radius 3 is 2.88 bits per heavy atom. The van der Waals surface area contributed by atoms with E-state index in [0.29, 0.717) is 13.0 Å². The minimum Gasteiger partial charge on any atom is -0.494 e. The maximum Gasteiger partial charge on any atom is 0.315 e. The third-order valence-corrected chi connectivity index (χ3v) is 4.51. The van der Waals surface area contributed by atoms with Crippen LogP contribution < -0.4 is 15.4 Å². The Kier molecular flexibility index (Phi) is 5.24. The van der Waals surface area contributed by atoms with Gasteiger partial charge in [-0.25, -0.2) is 4.79 Å². The average molecular weight is 340 g/mol. The molecule has 2 aromatic rings. The first-order valence-electron chi connectivity index (χ1n) is 8.64. The molecule has 0 aromatic heterocycles. The molecule has 0 saturated heterocycles. The molecule has 0 fully saturated rings. The lowest BCUT2D eigenvalue weighted by Gasteiger charge is -2.21. The van der Waals surface area contributed by atoms with Crippen molar-refractivity contribution in [2.24, 2.45) is 0 Å². The van der Waals surface area contributed by atoms with Crippen LogP contribution in [0.25, 0.3) is 0 Å². The number of carbonyl (C=O) groups is 1. The minimum absolute atomic E-state index is 0.172. The predicted octanol–water partition coefficient (Wildman–Crippen LogP) is 3.10. The maximum absolute atomic E-state index is 12.4. The van der Waals surface area contributed by atoms with Crippen molar-refractivity contribution in [3.8, 4) is 5.75 Å². The largest absolute Gasteiger partial charge is 0.494 e. The molecule has 0 heterocycles. The molecule has 5 heteroatoms. The van der Waals surface area contributed by atoms with Gasteiger partial charge in [0, 0.05) is 6.42 Å². The molecular formula is C20H24N2O3. The van der Waals surface area contributed by atoms with E-state index >= 15 is 0 Å². The summed E-state index contributed by atoms with van der Waals surface area (Å²) in [4.78, 5) is 12.4. The van der Waals surface area contributed by atoms with Crippen LogP contribution in [-0.2, 0) is 6.42 Å². The third kappa shape index (κ3) is 3.94. The van der Waals surface area contributed by atoms with Crippen molar-refractivity contribution >= 4 is 6.03 Å². The molecule has 2 amide bonds. The van der Waals surface area contributed by atoms with Crippen LogP contribution in [-0.4, -0.2) is 23.8 Å². The molecule has 0 bridgehead atoms. The summed E-state index contributed by atoms with van der Waals surface area (Å²) in [5.74, 6) is 0.786. The number of benzene rings is 2. The van der Waals surface area contributed by atoms with E-state index in [1.54, 1.807) is 0 Å². The van der Waals surface area contributed by atoms with Crippen LogP contribution >= 0.6 is 0 Å². The molecule has 0 saturated carbocycles. The minimum atomic E-state index is -0.597.